The fourth-order valence-electron chi connectivity index (χ4n) is 2.13. The summed E-state index contributed by atoms with van der Waals surface area (Å²) < 4.78 is 0. The number of rotatable bonds is 0. The van der Waals surface area contributed by atoms with Gasteiger partial charge in [-0.25, -0.2) is 0 Å². The molecule has 0 aliphatic carbocycles. The second kappa shape index (κ2) is 8.19. The molecule has 0 unspecified atom stereocenters. The second-order valence-electron chi connectivity index (χ2n) is 4.51. The third kappa shape index (κ3) is 4.31. The number of benzene rings is 4. The summed E-state index contributed by atoms with van der Waals surface area (Å²) in [5, 5.41) is 4.88. The van der Waals surface area contributed by atoms with Gasteiger partial charge in [-0.1, -0.05) is 24.3 Å². The molecule has 0 aliphatic rings. The molecule has 0 saturated heterocycles. The average molecular weight is 294 g/mol. The van der Waals surface area contributed by atoms with Gasteiger partial charge in [0.1, 0.15) is 0 Å². The predicted octanol–water partition coefficient (Wildman–Crippen LogP) is 4.90. The van der Waals surface area contributed by atoms with Crippen LogP contribution in [0.1, 0.15) is 0 Å². The van der Waals surface area contributed by atoms with Gasteiger partial charge in [0.2, 0.25) is 0 Å². The molecule has 0 amide bonds. The number of fused-ring (bicyclic) bond motifs is 2. The van der Waals surface area contributed by atoms with Crippen LogP contribution in [0.25, 0.3) is 21.5 Å². The molecule has 0 aliphatic heterocycles. The predicted molar refractivity (Wildman–Crippen MR) is 91.3 cm³/mol. The van der Waals surface area contributed by atoms with Crippen molar-refractivity contribution in [1.29, 1.82) is 0 Å². The largest absolute Gasteiger partial charge is 2.00 e. The van der Waals surface area contributed by atoms with E-state index in [1.165, 1.54) is 21.5 Å². The molecular weight excluding hydrogens is 280 g/mol. The van der Waals surface area contributed by atoms with Crippen molar-refractivity contribution in [3.05, 3.63) is 97.1 Å². The topological polar surface area (TPSA) is 0 Å². The third-order valence-corrected chi connectivity index (χ3v) is 3.14. The van der Waals surface area contributed by atoms with Gasteiger partial charge in [-0.3, -0.25) is 0 Å². The van der Waals surface area contributed by atoms with Gasteiger partial charge in [-0.2, -0.15) is 0 Å². The Morgan fingerprint density at radius 3 is 1.29 bits per heavy atom. The zero-order valence-electron chi connectivity index (χ0n) is 11.8. The van der Waals surface area contributed by atoms with Gasteiger partial charge in [0.25, 0.3) is 0 Å². The van der Waals surface area contributed by atoms with Crippen molar-refractivity contribution in [3.8, 4) is 0 Å². The van der Waals surface area contributed by atoms with E-state index < -0.39 is 0 Å². The van der Waals surface area contributed by atoms with Crippen LogP contribution in [-0.4, -0.2) is 37.7 Å². The van der Waals surface area contributed by atoms with E-state index in [-0.39, 0.29) is 37.7 Å². The Bertz CT molecular complexity index is 619. The van der Waals surface area contributed by atoms with Crippen molar-refractivity contribution < 1.29 is 0 Å². The van der Waals surface area contributed by atoms with Crippen LogP contribution in [0.3, 0.4) is 0 Å². The molecule has 0 N–H and O–H groups in total. The van der Waals surface area contributed by atoms with Gasteiger partial charge in [-0.15, -0.1) is 94.3 Å². The van der Waals surface area contributed by atoms with E-state index in [0.717, 1.165) is 0 Å². The Kier molecular flexibility index (Phi) is 6.25. The van der Waals surface area contributed by atoms with Crippen molar-refractivity contribution >= 4 is 59.3 Å². The summed E-state index contributed by atoms with van der Waals surface area (Å²) in [5.41, 5.74) is 0. The van der Waals surface area contributed by atoms with Gasteiger partial charge >= 0.3 is 37.7 Å². The Morgan fingerprint density at radius 2 is 0.857 bits per heavy atom. The Labute approximate surface area is 155 Å². The van der Waals surface area contributed by atoms with Gasteiger partial charge < -0.3 is 0 Å². The van der Waals surface area contributed by atoms with Crippen molar-refractivity contribution in [1.82, 2.24) is 0 Å². The summed E-state index contributed by atoms with van der Waals surface area (Å²) in [6, 6.07) is 34.8. The SMILES string of the molecule is [Ca+2].[c-]1cccc2ccccc12.[c-]1cccc2ccccc12. The van der Waals surface area contributed by atoms with Crippen LogP contribution in [0.5, 0.6) is 0 Å². The molecule has 4 aromatic carbocycles. The summed E-state index contributed by atoms with van der Waals surface area (Å²) in [6.45, 7) is 0. The van der Waals surface area contributed by atoms with Crippen molar-refractivity contribution in [3.63, 3.8) is 0 Å². The number of hydrogen-bond donors (Lipinski definition) is 0. The Balaban J connectivity index is 0.000000147. The van der Waals surface area contributed by atoms with E-state index in [0.29, 0.717) is 0 Å². The van der Waals surface area contributed by atoms with E-state index >= 15 is 0 Å². The molecule has 4 rings (SSSR count). The van der Waals surface area contributed by atoms with E-state index in [2.05, 4.69) is 48.5 Å². The first-order chi connectivity index (χ1) is 9.93. The van der Waals surface area contributed by atoms with E-state index in [9.17, 15) is 0 Å². The molecule has 4 aromatic rings. The first-order valence-corrected chi connectivity index (χ1v) is 6.64. The fourth-order valence-corrected chi connectivity index (χ4v) is 2.13. The minimum atomic E-state index is 0. The maximum atomic E-state index is 3.15. The third-order valence-electron chi connectivity index (χ3n) is 3.14. The fraction of sp³-hybridized carbons (Fsp3) is 0. The maximum absolute atomic E-state index is 3.15. The smallest absolute Gasteiger partial charge is 0.147 e. The molecule has 0 nitrogen and oxygen atoms in total. The van der Waals surface area contributed by atoms with Crippen LogP contribution < -0.4 is 0 Å². The minimum absolute atomic E-state index is 0. The standard InChI is InChI=1S/2C10H7.Ca/c2*1-2-6-10-8-4-3-7-9(10)5-1;/h2*1-7H;/q2*-1;+2. The Hall–Kier alpha value is -1.34. The zero-order chi connectivity index (χ0) is 13.6. The second-order valence-corrected chi connectivity index (χ2v) is 4.51. The summed E-state index contributed by atoms with van der Waals surface area (Å²) in [7, 11) is 0. The monoisotopic (exact) mass is 294 g/mol. The summed E-state index contributed by atoms with van der Waals surface area (Å²) in [6.07, 6.45) is 0. The Morgan fingerprint density at radius 1 is 0.476 bits per heavy atom. The molecular formula is C20H14Ca. The molecule has 0 bridgehead atoms. The summed E-state index contributed by atoms with van der Waals surface area (Å²) in [4.78, 5) is 0. The zero-order valence-corrected chi connectivity index (χ0v) is 14.0. The van der Waals surface area contributed by atoms with Crippen LogP contribution in [0.2, 0.25) is 0 Å². The van der Waals surface area contributed by atoms with Gasteiger partial charge in [0.05, 0.1) is 0 Å². The van der Waals surface area contributed by atoms with E-state index in [1.54, 1.807) is 0 Å². The van der Waals surface area contributed by atoms with E-state index in [4.69, 9.17) is 0 Å². The summed E-state index contributed by atoms with van der Waals surface area (Å²) in [5.74, 6) is 0. The van der Waals surface area contributed by atoms with Gasteiger partial charge in [0.15, 0.2) is 0 Å². The van der Waals surface area contributed by atoms with Crippen LogP contribution in [0, 0.1) is 12.1 Å². The molecule has 0 fully saturated rings. The molecule has 0 radical (unpaired) electrons. The molecule has 0 heterocycles. The molecule has 1 heteroatoms. The molecule has 0 atom stereocenters. The molecule has 21 heavy (non-hydrogen) atoms. The maximum Gasteiger partial charge on any atom is 2.00 e. The molecule has 0 aromatic heterocycles. The first kappa shape index (κ1) is 16.0. The van der Waals surface area contributed by atoms with Crippen molar-refractivity contribution in [2.45, 2.75) is 0 Å². The quantitative estimate of drug-likeness (QED) is 0.320. The van der Waals surface area contributed by atoms with Crippen molar-refractivity contribution in [2.24, 2.45) is 0 Å². The molecule has 0 spiro atoms. The molecule has 0 saturated carbocycles. The van der Waals surface area contributed by atoms with E-state index in [1.807, 2.05) is 48.5 Å². The summed E-state index contributed by atoms with van der Waals surface area (Å²) >= 11 is 0. The molecule has 96 valence electrons. The minimum Gasteiger partial charge on any atom is -0.147 e. The van der Waals surface area contributed by atoms with Crippen molar-refractivity contribution in [2.75, 3.05) is 0 Å². The van der Waals surface area contributed by atoms with Gasteiger partial charge in [0, 0.05) is 0 Å². The normalized spacial score (nSPS) is 9.52. The van der Waals surface area contributed by atoms with Crippen LogP contribution in [-0.2, 0) is 0 Å². The van der Waals surface area contributed by atoms with Crippen LogP contribution in [0.4, 0.5) is 0 Å². The van der Waals surface area contributed by atoms with Crippen LogP contribution >= 0.6 is 0 Å². The number of hydrogen-bond acceptors (Lipinski definition) is 0. The van der Waals surface area contributed by atoms with Gasteiger partial charge in [-0.05, 0) is 0 Å². The first-order valence-electron chi connectivity index (χ1n) is 6.64. The average Bonchev–Trinajstić information content (AvgIpc) is 2.56. The van der Waals surface area contributed by atoms with Crippen LogP contribution in [0.15, 0.2) is 84.9 Å².